The maximum Gasteiger partial charge on any atom is 0.128 e. The molecule has 3 rings (SSSR count). The molecular formula is C18H18N2O. The topological polar surface area (TPSA) is 34.1 Å². The number of nitrogens with zero attached hydrogens (tertiary/aromatic N) is 1. The highest BCUT2D eigenvalue weighted by atomic mass is 16.5. The molecule has 3 nitrogen and oxygen atoms in total. The number of aromatic nitrogens is 1. The van der Waals surface area contributed by atoms with Gasteiger partial charge in [0.1, 0.15) is 12.4 Å². The Hall–Kier alpha value is -2.55. The quantitative estimate of drug-likeness (QED) is 0.715. The van der Waals surface area contributed by atoms with Crippen molar-refractivity contribution in [2.75, 3.05) is 18.5 Å². The number of benzene rings is 2. The molecule has 3 heteroatoms. The number of aryl methyl sites for hydroxylation is 1. The van der Waals surface area contributed by atoms with Crippen LogP contribution in [0.3, 0.4) is 0 Å². The molecule has 0 aliphatic carbocycles. The minimum atomic E-state index is 0.613. The molecule has 106 valence electrons. The summed E-state index contributed by atoms with van der Waals surface area (Å²) in [6.07, 6.45) is 1.80. The summed E-state index contributed by atoms with van der Waals surface area (Å²) in [5.74, 6) is 0.881. The molecule has 0 bridgehead atoms. The minimum absolute atomic E-state index is 0.613. The number of pyridine rings is 1. The highest BCUT2D eigenvalue weighted by molar-refractivity contribution is 5.84. The van der Waals surface area contributed by atoms with Crippen molar-refractivity contribution in [3.63, 3.8) is 0 Å². The second kappa shape index (κ2) is 6.27. The first kappa shape index (κ1) is 13.4. The molecule has 1 heterocycles. The van der Waals surface area contributed by atoms with Crippen LogP contribution in [0.15, 0.2) is 60.8 Å². The molecule has 0 fully saturated rings. The van der Waals surface area contributed by atoms with E-state index in [0.717, 1.165) is 28.9 Å². The van der Waals surface area contributed by atoms with Crippen molar-refractivity contribution in [2.24, 2.45) is 0 Å². The zero-order chi connectivity index (χ0) is 14.5. The summed E-state index contributed by atoms with van der Waals surface area (Å²) in [5.41, 5.74) is 3.33. The van der Waals surface area contributed by atoms with E-state index >= 15 is 0 Å². The number of hydrogen-bond acceptors (Lipinski definition) is 3. The van der Waals surface area contributed by atoms with Crippen molar-refractivity contribution >= 4 is 16.6 Å². The summed E-state index contributed by atoms with van der Waals surface area (Å²) in [6.45, 7) is 3.47. The molecule has 2 aromatic carbocycles. The van der Waals surface area contributed by atoms with E-state index in [4.69, 9.17) is 4.74 Å². The van der Waals surface area contributed by atoms with Crippen molar-refractivity contribution in [1.29, 1.82) is 0 Å². The Bertz CT molecular complexity index is 735. The number of hydrogen-bond donors (Lipinski definition) is 1. The summed E-state index contributed by atoms with van der Waals surface area (Å²) in [7, 11) is 0. The van der Waals surface area contributed by atoms with E-state index in [0.29, 0.717) is 6.61 Å². The number of nitrogens with one attached hydrogen (secondary N) is 1. The van der Waals surface area contributed by atoms with Crippen molar-refractivity contribution in [1.82, 2.24) is 4.98 Å². The lowest BCUT2D eigenvalue weighted by atomic mass is 10.2. The molecule has 1 N–H and O–H groups in total. The summed E-state index contributed by atoms with van der Waals surface area (Å²) >= 11 is 0. The monoisotopic (exact) mass is 278 g/mol. The molecule has 21 heavy (non-hydrogen) atoms. The zero-order valence-electron chi connectivity index (χ0n) is 12.0. The van der Waals surface area contributed by atoms with E-state index < -0.39 is 0 Å². The van der Waals surface area contributed by atoms with Crippen LogP contribution in [0, 0.1) is 6.92 Å². The third kappa shape index (κ3) is 3.31. The van der Waals surface area contributed by atoms with Crippen LogP contribution in [0.4, 0.5) is 5.69 Å². The zero-order valence-corrected chi connectivity index (χ0v) is 12.0. The van der Waals surface area contributed by atoms with Gasteiger partial charge in [-0.25, -0.2) is 0 Å². The third-order valence-electron chi connectivity index (χ3n) is 3.31. The molecule has 0 atom stereocenters. The fourth-order valence-corrected chi connectivity index (χ4v) is 2.31. The van der Waals surface area contributed by atoms with Gasteiger partial charge in [-0.05, 0) is 48.9 Å². The molecule has 0 spiro atoms. The molecule has 0 aliphatic heterocycles. The second-order valence-electron chi connectivity index (χ2n) is 4.97. The van der Waals surface area contributed by atoms with Gasteiger partial charge in [0.05, 0.1) is 5.52 Å². The maximum atomic E-state index is 5.87. The number of ether oxygens (including phenoxy) is 1. The molecule has 0 aliphatic rings. The average molecular weight is 278 g/mol. The van der Waals surface area contributed by atoms with Crippen LogP contribution in [0.2, 0.25) is 0 Å². The van der Waals surface area contributed by atoms with Crippen molar-refractivity contribution in [2.45, 2.75) is 6.92 Å². The van der Waals surface area contributed by atoms with Gasteiger partial charge in [0.15, 0.2) is 0 Å². The number of anilines is 1. The molecule has 0 unspecified atom stereocenters. The lowest BCUT2D eigenvalue weighted by Gasteiger charge is -2.10. The molecule has 3 aromatic rings. The smallest absolute Gasteiger partial charge is 0.128 e. The van der Waals surface area contributed by atoms with Gasteiger partial charge in [-0.3, -0.25) is 4.98 Å². The fraction of sp³-hybridized carbons (Fsp3) is 0.167. The molecule has 0 radical (unpaired) electrons. The molecular weight excluding hydrogens is 260 g/mol. The maximum absolute atomic E-state index is 5.87. The number of rotatable bonds is 5. The third-order valence-corrected chi connectivity index (χ3v) is 3.31. The summed E-state index contributed by atoms with van der Waals surface area (Å²) < 4.78 is 5.87. The van der Waals surface area contributed by atoms with Crippen LogP contribution in [0.5, 0.6) is 5.75 Å². The lowest BCUT2D eigenvalue weighted by molar-refractivity contribution is 0.337. The predicted octanol–water partition coefficient (Wildman–Crippen LogP) is 4.03. The highest BCUT2D eigenvalue weighted by Gasteiger charge is 2.01. The van der Waals surface area contributed by atoms with E-state index in [1.54, 1.807) is 6.20 Å². The summed E-state index contributed by atoms with van der Waals surface area (Å²) in [6, 6.07) is 18.2. The van der Waals surface area contributed by atoms with Crippen LogP contribution >= 0.6 is 0 Å². The first-order valence-corrected chi connectivity index (χ1v) is 7.10. The van der Waals surface area contributed by atoms with Gasteiger partial charge in [-0.1, -0.05) is 18.2 Å². The van der Waals surface area contributed by atoms with Gasteiger partial charge in [-0.15, -0.1) is 0 Å². The van der Waals surface area contributed by atoms with Gasteiger partial charge in [0.2, 0.25) is 0 Å². The van der Waals surface area contributed by atoms with Crippen molar-refractivity contribution in [3.8, 4) is 5.75 Å². The standard InChI is InChI=1S/C18H18N2O/c1-14-5-2-6-15(13-14)19-11-12-21-18-9-3-8-17-16(18)7-4-10-20-17/h2-10,13,19H,11-12H2,1H3. The lowest BCUT2D eigenvalue weighted by Crippen LogP contribution is -2.11. The van der Waals surface area contributed by atoms with Crippen LogP contribution < -0.4 is 10.1 Å². The van der Waals surface area contributed by atoms with E-state index in [9.17, 15) is 0 Å². The average Bonchev–Trinajstić information content (AvgIpc) is 2.52. The largest absolute Gasteiger partial charge is 0.491 e. The van der Waals surface area contributed by atoms with E-state index in [1.165, 1.54) is 5.56 Å². The van der Waals surface area contributed by atoms with Crippen LogP contribution in [-0.4, -0.2) is 18.1 Å². The Labute approximate surface area is 124 Å². The Balaban J connectivity index is 1.60. The Morgan fingerprint density at radius 1 is 1.05 bits per heavy atom. The van der Waals surface area contributed by atoms with Crippen LogP contribution in [-0.2, 0) is 0 Å². The fourth-order valence-electron chi connectivity index (χ4n) is 2.31. The summed E-state index contributed by atoms with van der Waals surface area (Å²) in [4.78, 5) is 4.33. The van der Waals surface area contributed by atoms with Gasteiger partial charge < -0.3 is 10.1 Å². The number of fused-ring (bicyclic) bond motifs is 1. The minimum Gasteiger partial charge on any atom is -0.491 e. The summed E-state index contributed by atoms with van der Waals surface area (Å²) in [5, 5.41) is 4.41. The Kier molecular flexibility index (Phi) is 4.01. The Morgan fingerprint density at radius 3 is 2.86 bits per heavy atom. The van der Waals surface area contributed by atoms with E-state index in [1.807, 2.05) is 30.3 Å². The van der Waals surface area contributed by atoms with Gasteiger partial charge in [0, 0.05) is 23.8 Å². The SMILES string of the molecule is Cc1cccc(NCCOc2cccc3ncccc23)c1. The van der Waals surface area contributed by atoms with Gasteiger partial charge in [0.25, 0.3) is 0 Å². The molecule has 0 amide bonds. The van der Waals surface area contributed by atoms with Crippen LogP contribution in [0.1, 0.15) is 5.56 Å². The van der Waals surface area contributed by atoms with Gasteiger partial charge in [-0.2, -0.15) is 0 Å². The predicted molar refractivity (Wildman–Crippen MR) is 86.9 cm³/mol. The molecule has 0 saturated heterocycles. The molecule has 0 saturated carbocycles. The Morgan fingerprint density at radius 2 is 1.95 bits per heavy atom. The highest BCUT2D eigenvalue weighted by Crippen LogP contribution is 2.23. The normalized spacial score (nSPS) is 10.5. The van der Waals surface area contributed by atoms with Crippen molar-refractivity contribution in [3.05, 3.63) is 66.4 Å². The second-order valence-corrected chi connectivity index (χ2v) is 4.97. The van der Waals surface area contributed by atoms with Crippen LogP contribution in [0.25, 0.3) is 10.9 Å². The van der Waals surface area contributed by atoms with Gasteiger partial charge >= 0.3 is 0 Å². The first-order valence-electron chi connectivity index (χ1n) is 7.10. The molecule has 1 aromatic heterocycles. The first-order chi connectivity index (χ1) is 10.3. The van der Waals surface area contributed by atoms with E-state index in [2.05, 4.69) is 41.5 Å². The van der Waals surface area contributed by atoms with E-state index in [-0.39, 0.29) is 0 Å². The van der Waals surface area contributed by atoms with Crippen molar-refractivity contribution < 1.29 is 4.74 Å².